The van der Waals surface area contributed by atoms with Gasteiger partial charge in [-0.15, -0.1) is 0 Å². The van der Waals surface area contributed by atoms with Crippen LogP contribution < -0.4 is 4.74 Å². The van der Waals surface area contributed by atoms with Crippen LogP contribution in [0.1, 0.15) is 70.5 Å². The molecule has 1 saturated heterocycles. The minimum Gasteiger partial charge on any atom is -0.504 e. The summed E-state index contributed by atoms with van der Waals surface area (Å²) in [5.74, 6) is 1.74. The van der Waals surface area contributed by atoms with Gasteiger partial charge >= 0.3 is 0 Å². The number of aldehydes is 1. The molecule has 3 rings (SSSR count). The molecule has 1 heterocycles. The van der Waals surface area contributed by atoms with E-state index in [1.807, 2.05) is 6.07 Å². The second-order valence-electron chi connectivity index (χ2n) is 8.44. The molecule has 0 spiro atoms. The maximum Gasteiger partial charge on any atom is 0.161 e. The van der Waals surface area contributed by atoms with Crippen molar-refractivity contribution in [1.29, 1.82) is 0 Å². The van der Waals surface area contributed by atoms with Crippen LogP contribution in [0.5, 0.6) is 11.5 Å². The van der Waals surface area contributed by atoms with Crippen molar-refractivity contribution in [3.05, 3.63) is 21.7 Å². The SMILES string of the molecule is CCC1(CC)c2c(O)c(OC)cc(Br)c2C2C(C1CCC=O)N2CC(C)C. The first-order valence-corrected chi connectivity index (χ1v) is 11.0. The monoisotopic (exact) mass is 437 g/mol. The highest BCUT2D eigenvalue weighted by atomic mass is 79.9. The Kier molecular flexibility index (Phi) is 5.93. The average molecular weight is 438 g/mol. The minimum atomic E-state index is -0.146. The van der Waals surface area contributed by atoms with Gasteiger partial charge in [-0.1, -0.05) is 43.6 Å². The highest BCUT2D eigenvalue weighted by molar-refractivity contribution is 9.10. The van der Waals surface area contributed by atoms with E-state index >= 15 is 0 Å². The molecule has 150 valence electrons. The Labute approximate surface area is 171 Å². The van der Waals surface area contributed by atoms with Gasteiger partial charge in [0.25, 0.3) is 0 Å². The van der Waals surface area contributed by atoms with Crippen LogP contribution in [0, 0.1) is 11.8 Å². The molecular weight excluding hydrogens is 406 g/mol. The summed E-state index contributed by atoms with van der Waals surface area (Å²) in [5, 5.41) is 11.2. The summed E-state index contributed by atoms with van der Waals surface area (Å²) in [6.45, 7) is 9.96. The van der Waals surface area contributed by atoms with Gasteiger partial charge in [-0.05, 0) is 42.7 Å². The number of phenols is 1. The van der Waals surface area contributed by atoms with Gasteiger partial charge < -0.3 is 14.6 Å². The Balaban J connectivity index is 2.23. The van der Waals surface area contributed by atoms with Gasteiger partial charge in [0, 0.05) is 34.5 Å². The zero-order valence-corrected chi connectivity index (χ0v) is 18.7. The Bertz CT molecular complexity index is 714. The van der Waals surface area contributed by atoms with Crippen LogP contribution >= 0.6 is 15.9 Å². The zero-order chi connectivity index (χ0) is 19.9. The quantitative estimate of drug-likeness (QED) is 0.447. The first kappa shape index (κ1) is 20.7. The fraction of sp³-hybridized carbons (Fsp3) is 0.682. The summed E-state index contributed by atoms with van der Waals surface area (Å²) in [5.41, 5.74) is 2.12. The molecule has 1 aromatic carbocycles. The molecule has 4 atom stereocenters. The molecule has 4 unspecified atom stereocenters. The normalized spacial score (nSPS) is 27.8. The van der Waals surface area contributed by atoms with Crippen molar-refractivity contribution in [3.63, 3.8) is 0 Å². The number of aromatic hydroxyl groups is 1. The van der Waals surface area contributed by atoms with Gasteiger partial charge in [-0.25, -0.2) is 0 Å². The van der Waals surface area contributed by atoms with Crippen molar-refractivity contribution in [1.82, 2.24) is 4.90 Å². The van der Waals surface area contributed by atoms with Crippen molar-refractivity contribution in [3.8, 4) is 11.5 Å². The molecule has 0 saturated carbocycles. The number of hydrogen-bond acceptors (Lipinski definition) is 4. The summed E-state index contributed by atoms with van der Waals surface area (Å²) in [6, 6.07) is 2.67. The lowest BCUT2D eigenvalue weighted by atomic mass is 9.59. The Morgan fingerprint density at radius 2 is 2.04 bits per heavy atom. The Morgan fingerprint density at radius 1 is 1.37 bits per heavy atom. The minimum absolute atomic E-state index is 0.146. The van der Waals surface area contributed by atoms with Crippen LogP contribution in [0.15, 0.2) is 10.5 Å². The maximum atomic E-state index is 11.2. The summed E-state index contributed by atoms with van der Waals surface area (Å²) in [4.78, 5) is 13.8. The fourth-order valence-corrected chi connectivity index (χ4v) is 6.30. The lowest BCUT2D eigenvalue weighted by Gasteiger charge is -2.45. The molecular formula is C22H32BrNO3. The molecule has 1 aliphatic carbocycles. The largest absolute Gasteiger partial charge is 0.504 e. The molecule has 1 aromatic rings. The lowest BCUT2D eigenvalue weighted by molar-refractivity contribution is -0.108. The molecule has 27 heavy (non-hydrogen) atoms. The average Bonchev–Trinajstić information content (AvgIpc) is 3.33. The second kappa shape index (κ2) is 7.75. The van der Waals surface area contributed by atoms with E-state index in [1.54, 1.807) is 7.11 Å². The number of carbonyl (C=O) groups is 1. The maximum absolute atomic E-state index is 11.2. The highest BCUT2D eigenvalue weighted by Gasteiger charge is 2.63. The zero-order valence-electron chi connectivity index (χ0n) is 17.1. The number of fused-ring (bicyclic) bond motifs is 3. The molecule has 1 aliphatic heterocycles. The third-order valence-corrected chi connectivity index (χ3v) is 7.45. The van der Waals surface area contributed by atoms with Gasteiger partial charge in [0.1, 0.15) is 6.29 Å². The van der Waals surface area contributed by atoms with Crippen LogP contribution in [0.4, 0.5) is 0 Å². The van der Waals surface area contributed by atoms with Crippen LogP contribution in [-0.2, 0) is 10.2 Å². The first-order chi connectivity index (χ1) is 12.9. The van der Waals surface area contributed by atoms with Gasteiger partial charge in [-0.3, -0.25) is 4.90 Å². The fourth-order valence-electron chi connectivity index (χ4n) is 5.66. The highest BCUT2D eigenvalue weighted by Crippen LogP contribution is 2.66. The molecule has 0 amide bonds. The van der Waals surface area contributed by atoms with Crippen LogP contribution in [0.25, 0.3) is 0 Å². The van der Waals surface area contributed by atoms with E-state index in [1.165, 1.54) is 5.56 Å². The molecule has 1 N–H and O–H groups in total. The summed E-state index contributed by atoms with van der Waals surface area (Å²) in [7, 11) is 1.60. The van der Waals surface area contributed by atoms with Crippen LogP contribution in [0.3, 0.4) is 0 Å². The third kappa shape index (κ3) is 3.11. The smallest absolute Gasteiger partial charge is 0.161 e. The molecule has 0 radical (unpaired) electrons. The summed E-state index contributed by atoms with van der Waals surface area (Å²) < 4.78 is 6.50. The van der Waals surface area contributed by atoms with Gasteiger partial charge in [0.2, 0.25) is 0 Å². The van der Waals surface area contributed by atoms with Crippen LogP contribution in [0.2, 0.25) is 0 Å². The lowest BCUT2D eigenvalue weighted by Crippen LogP contribution is -2.42. The van der Waals surface area contributed by atoms with E-state index in [0.29, 0.717) is 36.1 Å². The van der Waals surface area contributed by atoms with Gasteiger partial charge in [0.15, 0.2) is 11.5 Å². The van der Waals surface area contributed by atoms with E-state index in [-0.39, 0.29) is 11.2 Å². The molecule has 0 bridgehead atoms. The van der Waals surface area contributed by atoms with Crippen molar-refractivity contribution in [2.24, 2.45) is 11.8 Å². The van der Waals surface area contributed by atoms with E-state index < -0.39 is 0 Å². The number of ether oxygens (including phenoxy) is 1. The predicted molar refractivity (Wildman–Crippen MR) is 111 cm³/mol. The Hall–Kier alpha value is -1.07. The first-order valence-electron chi connectivity index (χ1n) is 10.2. The standard InChI is InChI=1S/C22H32BrNO3/c1-6-22(7-2)14(9-8-10-25)19-20(24(19)12-13(3)4)17-15(23)11-16(27-5)21(26)18(17)22/h10-11,13-14,19-20,26H,6-9,12H2,1-5H3. The van der Waals surface area contributed by atoms with Gasteiger partial charge in [0.05, 0.1) is 13.2 Å². The van der Waals surface area contributed by atoms with E-state index in [4.69, 9.17) is 4.74 Å². The van der Waals surface area contributed by atoms with E-state index in [0.717, 1.165) is 42.1 Å². The summed E-state index contributed by atoms with van der Waals surface area (Å²) in [6.07, 6.45) is 4.36. The molecule has 1 fully saturated rings. The number of carbonyl (C=O) groups excluding carboxylic acids is 1. The van der Waals surface area contributed by atoms with E-state index in [9.17, 15) is 9.90 Å². The van der Waals surface area contributed by atoms with Crippen molar-refractivity contribution >= 4 is 22.2 Å². The van der Waals surface area contributed by atoms with Gasteiger partial charge in [-0.2, -0.15) is 0 Å². The third-order valence-electron chi connectivity index (χ3n) is 6.80. The number of halogens is 1. The van der Waals surface area contributed by atoms with Crippen LogP contribution in [-0.4, -0.2) is 36.0 Å². The predicted octanol–water partition coefficient (Wildman–Crippen LogP) is 5.21. The molecule has 5 heteroatoms. The molecule has 0 aromatic heterocycles. The number of rotatable bonds is 8. The summed E-state index contributed by atoms with van der Waals surface area (Å²) >= 11 is 3.78. The van der Waals surface area contributed by atoms with Crippen molar-refractivity contribution < 1.29 is 14.6 Å². The van der Waals surface area contributed by atoms with Crippen molar-refractivity contribution in [2.75, 3.05) is 13.7 Å². The number of methoxy groups -OCH3 is 1. The molecule has 2 aliphatic rings. The second-order valence-corrected chi connectivity index (χ2v) is 9.29. The van der Waals surface area contributed by atoms with E-state index in [2.05, 4.69) is 48.5 Å². The number of nitrogens with zero attached hydrogens (tertiary/aromatic N) is 1. The molecule has 4 nitrogen and oxygen atoms in total. The number of benzene rings is 1. The Morgan fingerprint density at radius 3 is 2.56 bits per heavy atom. The number of phenolic OH excluding ortho intramolecular Hbond substituents is 1. The van der Waals surface area contributed by atoms with Crippen molar-refractivity contribution in [2.45, 2.75) is 70.9 Å². The number of hydrogen-bond donors (Lipinski definition) is 1. The topological polar surface area (TPSA) is 49.5 Å².